The predicted molar refractivity (Wildman–Crippen MR) is 103 cm³/mol. The Balaban J connectivity index is 2.13. The van der Waals surface area contributed by atoms with Crippen LogP contribution in [0.4, 0.5) is 0 Å². The van der Waals surface area contributed by atoms with E-state index in [-0.39, 0.29) is 25.5 Å². The van der Waals surface area contributed by atoms with Gasteiger partial charge in [-0.1, -0.05) is 0 Å². The second kappa shape index (κ2) is 9.22. The molecule has 24 heavy (non-hydrogen) atoms. The van der Waals surface area contributed by atoms with Gasteiger partial charge in [-0.25, -0.2) is 0 Å². The van der Waals surface area contributed by atoms with Crippen molar-refractivity contribution in [2.45, 2.75) is 35.9 Å². The number of hydrogen-bond acceptors (Lipinski definition) is 2. The Hall–Kier alpha value is -1.35. The molecule has 2 aromatic carbocycles. The fourth-order valence-corrected chi connectivity index (χ4v) is 7.53. The van der Waals surface area contributed by atoms with Crippen molar-refractivity contribution in [3.63, 3.8) is 0 Å². The molecule has 2 rings (SSSR count). The molecule has 0 aliphatic rings. The molecule has 0 aromatic heterocycles. The zero-order valence-electron chi connectivity index (χ0n) is 14.0. The van der Waals surface area contributed by atoms with E-state index in [4.69, 9.17) is 0 Å². The molecule has 0 radical (unpaired) electrons. The summed E-state index contributed by atoms with van der Waals surface area (Å²) in [6.07, 6.45) is 4.76. The summed E-state index contributed by atoms with van der Waals surface area (Å²) in [5.74, 6) is 0.224. The first-order valence-electron chi connectivity index (χ1n) is 8.13. The summed E-state index contributed by atoms with van der Waals surface area (Å²) in [5.41, 5.74) is 1.07. The number of allylic oxidation sites excluding steroid dienone is 1. The number of aryl methyl sites for hydroxylation is 1. The van der Waals surface area contributed by atoms with Gasteiger partial charge in [-0.3, -0.25) is 0 Å². The molecule has 0 bridgehead atoms. The van der Waals surface area contributed by atoms with Crippen LogP contribution in [0.15, 0.2) is 72.1 Å². The van der Waals surface area contributed by atoms with Gasteiger partial charge in [0.15, 0.2) is 0 Å². The van der Waals surface area contributed by atoms with Crippen LogP contribution in [0, 0.1) is 6.92 Å². The fraction of sp³-hybridized carbons (Fsp3) is 0.300. The van der Waals surface area contributed by atoms with Crippen molar-refractivity contribution in [3.8, 4) is 0 Å². The van der Waals surface area contributed by atoms with Crippen molar-refractivity contribution in [3.05, 3.63) is 72.8 Å². The molecule has 0 spiro atoms. The third kappa shape index (κ3) is 5.94. The molecule has 1 atom stereocenters. The Labute approximate surface area is 152 Å². The van der Waals surface area contributed by atoms with Crippen molar-refractivity contribution in [2.75, 3.05) is 5.75 Å². The van der Waals surface area contributed by atoms with E-state index < -0.39 is 9.84 Å². The average molecular weight is 407 g/mol. The van der Waals surface area contributed by atoms with Gasteiger partial charge in [-0.15, -0.1) is 0 Å². The van der Waals surface area contributed by atoms with Gasteiger partial charge in [-0.05, 0) is 0 Å². The molecule has 0 aliphatic heterocycles. The topological polar surface area (TPSA) is 34.1 Å². The van der Waals surface area contributed by atoms with Gasteiger partial charge < -0.3 is 0 Å². The second-order valence-electron chi connectivity index (χ2n) is 5.87. The number of benzene rings is 2. The van der Waals surface area contributed by atoms with Crippen molar-refractivity contribution in [2.24, 2.45) is 0 Å². The first-order chi connectivity index (χ1) is 11.5. The number of rotatable bonds is 9. The van der Waals surface area contributed by atoms with Crippen LogP contribution in [0.5, 0.6) is 0 Å². The molecule has 1 unspecified atom stereocenters. The third-order valence-electron chi connectivity index (χ3n) is 3.77. The Kier molecular flexibility index (Phi) is 7.29. The van der Waals surface area contributed by atoms with Crippen LogP contribution >= 0.6 is 0 Å². The molecule has 2 aromatic rings. The van der Waals surface area contributed by atoms with E-state index in [1.54, 1.807) is 12.1 Å². The van der Waals surface area contributed by atoms with Crippen LogP contribution in [0.3, 0.4) is 0 Å². The molecular formula is C20H24O2SSe. The minimum absolute atomic E-state index is 0.153. The van der Waals surface area contributed by atoms with Crippen LogP contribution < -0.4 is 4.46 Å². The quantitative estimate of drug-likeness (QED) is 0.358. The second-order valence-corrected chi connectivity index (χ2v) is 10.8. The fourth-order valence-electron chi connectivity index (χ4n) is 2.44. The predicted octanol–water partition coefficient (Wildman–Crippen LogP) is 3.94. The Morgan fingerprint density at radius 2 is 1.75 bits per heavy atom. The molecular weight excluding hydrogens is 383 g/mol. The van der Waals surface area contributed by atoms with Gasteiger partial charge in [0.05, 0.1) is 0 Å². The summed E-state index contributed by atoms with van der Waals surface area (Å²) in [6.45, 7) is 5.72. The summed E-state index contributed by atoms with van der Waals surface area (Å²) < 4.78 is 26.8. The molecule has 0 heterocycles. The number of sulfone groups is 1. The Morgan fingerprint density at radius 1 is 1.08 bits per heavy atom. The monoisotopic (exact) mass is 408 g/mol. The van der Waals surface area contributed by atoms with Crippen molar-refractivity contribution >= 4 is 29.3 Å². The number of hydrogen-bond donors (Lipinski definition) is 0. The van der Waals surface area contributed by atoms with Gasteiger partial charge in [-0.2, -0.15) is 0 Å². The zero-order chi connectivity index (χ0) is 17.4. The van der Waals surface area contributed by atoms with E-state index in [0.29, 0.717) is 4.90 Å². The molecule has 0 N–H and O–H groups in total. The summed E-state index contributed by atoms with van der Waals surface area (Å²) >= 11 is 0.153. The van der Waals surface area contributed by atoms with Crippen LogP contribution in [-0.2, 0) is 9.84 Å². The standard InChI is InChI=1S/C20H24O2SSe/c1-3-4-6-11-20(24-19-9-7-5-8-10-19)16-23(21,22)18-14-12-17(2)13-15-18/h3,5,7-10,12-15,20H,1,4,6,11,16H2,2H3. The SMILES string of the molecule is C=CCCCC(CS(=O)(=O)c1ccc(C)cc1)[Se]c1ccccc1. The van der Waals surface area contributed by atoms with Crippen LogP contribution in [-0.4, -0.2) is 29.1 Å². The molecule has 0 saturated heterocycles. The first-order valence-corrected chi connectivity index (χ1v) is 11.6. The third-order valence-corrected chi connectivity index (χ3v) is 8.76. The summed E-state index contributed by atoms with van der Waals surface area (Å²) in [6, 6.07) is 17.4. The molecule has 0 fully saturated rings. The van der Waals surface area contributed by atoms with Crippen molar-refractivity contribution in [1.29, 1.82) is 0 Å². The van der Waals surface area contributed by atoms with Crippen LogP contribution in [0.2, 0.25) is 4.82 Å². The average Bonchev–Trinajstić information content (AvgIpc) is 2.56. The summed E-state index contributed by atoms with van der Waals surface area (Å²) in [4.78, 5) is 0.622. The van der Waals surface area contributed by atoms with Crippen LogP contribution in [0.25, 0.3) is 0 Å². The zero-order valence-corrected chi connectivity index (χ0v) is 16.5. The number of unbranched alkanes of at least 4 members (excludes halogenated alkanes) is 1. The maximum atomic E-state index is 12.8. The maximum absolute atomic E-state index is 12.8. The van der Waals surface area contributed by atoms with Gasteiger partial charge in [0, 0.05) is 0 Å². The van der Waals surface area contributed by atoms with E-state index in [2.05, 4.69) is 18.7 Å². The minimum atomic E-state index is -3.24. The molecule has 0 amide bonds. The van der Waals surface area contributed by atoms with Crippen molar-refractivity contribution < 1.29 is 8.42 Å². The summed E-state index contributed by atoms with van der Waals surface area (Å²) in [5, 5.41) is 0. The normalized spacial score (nSPS) is 12.7. The van der Waals surface area contributed by atoms with Crippen LogP contribution in [0.1, 0.15) is 24.8 Å². The molecule has 0 aliphatic carbocycles. The molecule has 128 valence electrons. The van der Waals surface area contributed by atoms with E-state index in [1.165, 1.54) is 4.46 Å². The molecule has 4 heteroatoms. The Morgan fingerprint density at radius 3 is 2.38 bits per heavy atom. The van der Waals surface area contributed by atoms with Gasteiger partial charge >= 0.3 is 152 Å². The van der Waals surface area contributed by atoms with E-state index in [9.17, 15) is 8.42 Å². The van der Waals surface area contributed by atoms with E-state index >= 15 is 0 Å². The van der Waals surface area contributed by atoms with Gasteiger partial charge in [0.1, 0.15) is 0 Å². The first kappa shape index (κ1) is 19.0. The van der Waals surface area contributed by atoms with E-state index in [1.807, 2.05) is 43.3 Å². The van der Waals surface area contributed by atoms with Crippen molar-refractivity contribution in [1.82, 2.24) is 0 Å². The molecule has 2 nitrogen and oxygen atoms in total. The summed E-state index contributed by atoms with van der Waals surface area (Å²) in [7, 11) is -3.24. The van der Waals surface area contributed by atoms with Gasteiger partial charge in [0.25, 0.3) is 0 Å². The Bertz CT molecular complexity index is 737. The molecule has 0 saturated carbocycles. The van der Waals surface area contributed by atoms with Gasteiger partial charge in [0.2, 0.25) is 0 Å². The van der Waals surface area contributed by atoms with E-state index in [0.717, 1.165) is 24.8 Å².